The second-order valence-corrected chi connectivity index (χ2v) is 9.34. The number of pyridine rings is 1. The molecule has 1 aromatic heterocycles. The Kier molecular flexibility index (Phi) is 6.65. The molecule has 29 heavy (non-hydrogen) atoms. The number of halogens is 3. The molecule has 0 aliphatic heterocycles. The van der Waals surface area contributed by atoms with Crippen LogP contribution in [0.3, 0.4) is 0 Å². The third-order valence-electron chi connectivity index (χ3n) is 4.12. The lowest BCUT2D eigenvalue weighted by molar-refractivity contribution is 0.390. The van der Waals surface area contributed by atoms with Crippen molar-refractivity contribution in [1.29, 1.82) is 5.26 Å². The molecule has 0 unspecified atom stereocenters. The Morgan fingerprint density at radius 1 is 1.14 bits per heavy atom. The van der Waals surface area contributed by atoms with Crippen molar-refractivity contribution in [3.8, 4) is 6.07 Å². The van der Waals surface area contributed by atoms with E-state index in [0.29, 0.717) is 10.2 Å². The molecule has 0 saturated carbocycles. The van der Waals surface area contributed by atoms with Crippen molar-refractivity contribution in [3.05, 3.63) is 92.9 Å². The van der Waals surface area contributed by atoms with Gasteiger partial charge in [0.25, 0.3) is 0 Å². The van der Waals surface area contributed by atoms with Crippen LogP contribution in [0.5, 0.6) is 0 Å². The van der Waals surface area contributed by atoms with Gasteiger partial charge in [0.2, 0.25) is 10.0 Å². The summed E-state index contributed by atoms with van der Waals surface area (Å²) in [6.45, 7) is -0.272. The van der Waals surface area contributed by atoms with E-state index in [1.807, 2.05) is 6.07 Å². The molecule has 0 N–H and O–H groups in total. The highest BCUT2D eigenvalue weighted by Crippen LogP contribution is 2.26. The van der Waals surface area contributed by atoms with E-state index in [2.05, 4.69) is 20.9 Å². The van der Waals surface area contributed by atoms with Gasteiger partial charge in [0.05, 0.1) is 27.7 Å². The van der Waals surface area contributed by atoms with Crippen LogP contribution in [-0.4, -0.2) is 17.7 Å². The predicted molar refractivity (Wildman–Crippen MR) is 111 cm³/mol. The van der Waals surface area contributed by atoms with Crippen LogP contribution in [-0.2, 0) is 23.1 Å². The van der Waals surface area contributed by atoms with Gasteiger partial charge in [-0.15, -0.1) is 0 Å². The Morgan fingerprint density at radius 2 is 1.93 bits per heavy atom. The first-order valence-electron chi connectivity index (χ1n) is 8.35. The fraction of sp³-hybridized carbons (Fsp3) is 0.100. The van der Waals surface area contributed by atoms with E-state index < -0.39 is 15.8 Å². The molecule has 3 rings (SSSR count). The van der Waals surface area contributed by atoms with Crippen molar-refractivity contribution in [2.45, 2.75) is 18.0 Å². The quantitative estimate of drug-likeness (QED) is 0.488. The highest BCUT2D eigenvalue weighted by atomic mass is 79.9. The third kappa shape index (κ3) is 5.00. The first kappa shape index (κ1) is 21.4. The molecule has 0 aliphatic carbocycles. The first-order valence-corrected chi connectivity index (χ1v) is 11.0. The van der Waals surface area contributed by atoms with Crippen LogP contribution in [0, 0.1) is 17.1 Å². The number of rotatable bonds is 6. The lowest BCUT2D eigenvalue weighted by Crippen LogP contribution is -2.31. The minimum Gasteiger partial charge on any atom is -0.260 e. The Bertz CT molecular complexity index is 1180. The normalized spacial score (nSPS) is 11.4. The summed E-state index contributed by atoms with van der Waals surface area (Å²) in [5.41, 5.74) is 0.755. The molecule has 0 aliphatic rings. The predicted octanol–water partition coefficient (Wildman–Crippen LogP) is 4.90. The summed E-state index contributed by atoms with van der Waals surface area (Å²) >= 11 is 9.12. The monoisotopic (exact) mass is 493 g/mol. The van der Waals surface area contributed by atoms with Crippen molar-refractivity contribution in [3.63, 3.8) is 0 Å². The zero-order chi connectivity index (χ0) is 21.0. The smallest absolute Gasteiger partial charge is 0.243 e. The van der Waals surface area contributed by atoms with Crippen LogP contribution >= 0.6 is 27.5 Å². The Balaban J connectivity index is 2.04. The summed E-state index contributed by atoms with van der Waals surface area (Å²) in [4.78, 5) is 4.07. The Hall–Kier alpha value is -2.31. The molecule has 3 aromatic rings. The van der Waals surface area contributed by atoms with Crippen molar-refractivity contribution in [1.82, 2.24) is 9.29 Å². The fourth-order valence-electron chi connectivity index (χ4n) is 2.64. The van der Waals surface area contributed by atoms with Gasteiger partial charge < -0.3 is 0 Å². The van der Waals surface area contributed by atoms with Crippen molar-refractivity contribution in [2.24, 2.45) is 0 Å². The van der Waals surface area contributed by atoms with E-state index in [0.717, 1.165) is 4.31 Å². The second kappa shape index (κ2) is 9.01. The van der Waals surface area contributed by atoms with Crippen LogP contribution < -0.4 is 0 Å². The number of nitriles is 1. The van der Waals surface area contributed by atoms with Gasteiger partial charge >= 0.3 is 0 Å². The number of benzene rings is 2. The van der Waals surface area contributed by atoms with E-state index >= 15 is 0 Å². The van der Waals surface area contributed by atoms with Crippen LogP contribution in [0.1, 0.15) is 16.8 Å². The van der Waals surface area contributed by atoms with Gasteiger partial charge in [-0.2, -0.15) is 9.57 Å². The summed E-state index contributed by atoms with van der Waals surface area (Å²) in [6, 6.07) is 15.3. The van der Waals surface area contributed by atoms with Crippen LogP contribution in [0.4, 0.5) is 4.39 Å². The van der Waals surface area contributed by atoms with Crippen LogP contribution in [0.25, 0.3) is 0 Å². The van der Waals surface area contributed by atoms with Gasteiger partial charge in [0, 0.05) is 22.8 Å². The SMILES string of the molecule is N#Cc1cc(S(=O)(=O)N(Cc2ccccn2)Cc2ccc(Br)cc2F)ccc1Cl. The van der Waals surface area contributed by atoms with Crippen LogP contribution in [0.15, 0.2) is 70.2 Å². The molecule has 0 spiro atoms. The number of nitrogens with zero attached hydrogens (tertiary/aromatic N) is 3. The molecule has 1 heterocycles. The van der Waals surface area contributed by atoms with Gasteiger partial charge in [-0.1, -0.05) is 39.7 Å². The molecule has 0 saturated heterocycles. The first-order chi connectivity index (χ1) is 13.8. The molecular weight excluding hydrogens is 481 g/mol. The maximum atomic E-state index is 14.4. The van der Waals surface area contributed by atoms with Crippen LogP contribution in [0.2, 0.25) is 5.02 Å². The average Bonchev–Trinajstić information content (AvgIpc) is 2.70. The zero-order valence-corrected chi connectivity index (χ0v) is 18.0. The molecule has 0 bridgehead atoms. The number of hydrogen-bond acceptors (Lipinski definition) is 4. The molecular formula is C20H14BrClFN3O2S. The maximum Gasteiger partial charge on any atom is 0.243 e. The van der Waals surface area contributed by atoms with E-state index in [1.54, 1.807) is 30.5 Å². The third-order valence-corrected chi connectivity index (χ3v) is 6.73. The van der Waals surface area contributed by atoms with E-state index in [-0.39, 0.29) is 34.1 Å². The second-order valence-electron chi connectivity index (χ2n) is 6.08. The van der Waals surface area contributed by atoms with Gasteiger partial charge in [0.1, 0.15) is 11.9 Å². The number of hydrogen-bond donors (Lipinski definition) is 0. The molecule has 0 atom stereocenters. The minimum atomic E-state index is -4.07. The molecule has 0 amide bonds. The summed E-state index contributed by atoms with van der Waals surface area (Å²) in [7, 11) is -4.07. The molecule has 9 heteroatoms. The summed E-state index contributed by atoms with van der Waals surface area (Å²) in [5.74, 6) is -0.533. The van der Waals surface area contributed by atoms with Gasteiger partial charge in [0.15, 0.2) is 0 Å². The minimum absolute atomic E-state index is 0.0420. The lowest BCUT2D eigenvalue weighted by Gasteiger charge is -2.22. The van der Waals surface area contributed by atoms with Gasteiger partial charge in [-0.05, 0) is 42.5 Å². The molecule has 0 radical (unpaired) electrons. The topological polar surface area (TPSA) is 74.1 Å². The van der Waals surface area contributed by atoms with Gasteiger partial charge in [-0.3, -0.25) is 4.98 Å². The van der Waals surface area contributed by atoms with Crippen molar-refractivity contribution < 1.29 is 12.8 Å². The van der Waals surface area contributed by atoms with Crippen molar-refractivity contribution in [2.75, 3.05) is 0 Å². The maximum absolute atomic E-state index is 14.4. The number of aromatic nitrogens is 1. The highest BCUT2D eigenvalue weighted by Gasteiger charge is 2.27. The van der Waals surface area contributed by atoms with E-state index in [1.165, 1.54) is 30.3 Å². The van der Waals surface area contributed by atoms with E-state index in [9.17, 15) is 18.1 Å². The largest absolute Gasteiger partial charge is 0.260 e. The highest BCUT2D eigenvalue weighted by molar-refractivity contribution is 9.10. The Morgan fingerprint density at radius 3 is 2.59 bits per heavy atom. The summed E-state index contributed by atoms with van der Waals surface area (Å²) < 4.78 is 42.7. The Labute approximate surface area is 181 Å². The fourth-order valence-corrected chi connectivity index (χ4v) is 4.55. The molecule has 0 fully saturated rings. The lowest BCUT2D eigenvalue weighted by atomic mass is 10.2. The number of sulfonamides is 1. The van der Waals surface area contributed by atoms with Gasteiger partial charge in [-0.25, -0.2) is 12.8 Å². The summed E-state index contributed by atoms with van der Waals surface area (Å²) in [6.07, 6.45) is 1.55. The van der Waals surface area contributed by atoms with Crippen molar-refractivity contribution >= 4 is 37.6 Å². The molecule has 5 nitrogen and oxygen atoms in total. The molecule has 148 valence electrons. The zero-order valence-electron chi connectivity index (χ0n) is 14.9. The summed E-state index contributed by atoms with van der Waals surface area (Å²) in [5, 5.41) is 9.33. The standard InChI is InChI=1S/C20H14BrClFN3O2S/c21-16-5-4-14(20(23)10-16)12-26(13-17-3-1-2-8-25-17)29(27,28)18-6-7-19(22)15(9-18)11-24/h1-10H,12-13H2. The molecule has 2 aromatic carbocycles. The van der Waals surface area contributed by atoms with E-state index in [4.69, 9.17) is 11.6 Å². The average molecular weight is 495 g/mol.